The van der Waals surface area contributed by atoms with Crippen LogP contribution in [0.25, 0.3) is 0 Å². The van der Waals surface area contributed by atoms with Gasteiger partial charge < -0.3 is 5.48 Å². The van der Waals surface area contributed by atoms with Crippen molar-refractivity contribution >= 4 is 58.5 Å². The predicted molar refractivity (Wildman–Crippen MR) is 27.9 cm³/mol. The van der Waals surface area contributed by atoms with Crippen molar-refractivity contribution in [2.24, 2.45) is 0 Å². The molecule has 2 N–H and O–H groups in total. The van der Waals surface area contributed by atoms with Crippen LogP contribution >= 0.6 is 12.4 Å². The molecule has 0 aromatic heterocycles. The molecule has 0 saturated heterocycles. The molecule has 0 saturated carbocycles. The average Bonchev–Trinajstić information content (AvgIpc) is 0. The van der Waals surface area contributed by atoms with Crippen LogP contribution < -0.4 is 0 Å². The van der Waals surface area contributed by atoms with E-state index in [1.54, 1.807) is 0 Å². The highest BCUT2D eigenvalue weighted by Crippen LogP contribution is 0.690. The van der Waals surface area contributed by atoms with Gasteiger partial charge >= 0.3 is 46.1 Å². The molecule has 24 valence electrons. The smallest absolute Gasteiger partial charge is 0.316 e. The summed E-state index contributed by atoms with van der Waals surface area (Å²) in [6.45, 7) is 0. The Labute approximate surface area is 63.5 Å². The zero-order chi connectivity index (χ0) is 0. The maximum absolute atomic E-state index is 0. The topological polar surface area (TPSA) is 31.5 Å². The molecular weight excluding hydrogens is 100 g/mol. The standard InChI is InChI=1S/ClH.2Mg.H2O.4H/h1H;;;1H2;;;;. The Morgan fingerprint density at radius 3 is 0.750 bits per heavy atom. The minimum absolute atomic E-state index is 0. The first-order chi connectivity index (χ1) is 0. The summed E-state index contributed by atoms with van der Waals surface area (Å²) < 4.78 is 0. The second-order valence-corrected chi connectivity index (χ2v) is 0. The number of hydrogen-bond donors (Lipinski definition) is 0. The zero-order valence-electron chi connectivity index (χ0n) is 0.908. The van der Waals surface area contributed by atoms with Crippen molar-refractivity contribution in [3.8, 4) is 0 Å². The van der Waals surface area contributed by atoms with Crippen LogP contribution in [0.5, 0.6) is 0 Å². The van der Waals surface area contributed by atoms with Gasteiger partial charge in [0.1, 0.15) is 0 Å². The van der Waals surface area contributed by atoms with E-state index in [0.29, 0.717) is 0 Å². The Morgan fingerprint density at radius 2 is 0.750 bits per heavy atom. The SMILES string of the molecule is Cl.O.[MgH2].[MgH2]. The lowest BCUT2D eigenvalue weighted by Crippen LogP contribution is -0.382. The Morgan fingerprint density at radius 1 is 0.750 bits per heavy atom. The van der Waals surface area contributed by atoms with Gasteiger partial charge in [0, 0.05) is 0 Å². The van der Waals surface area contributed by atoms with E-state index in [1.165, 1.54) is 0 Å². The van der Waals surface area contributed by atoms with Crippen LogP contribution in [0, 0.1) is 0 Å². The summed E-state index contributed by atoms with van der Waals surface area (Å²) in [5.74, 6) is 0. The van der Waals surface area contributed by atoms with E-state index in [1.807, 2.05) is 0 Å². The van der Waals surface area contributed by atoms with Crippen molar-refractivity contribution in [3.63, 3.8) is 0 Å². The third-order valence-electron chi connectivity index (χ3n) is 0. The van der Waals surface area contributed by atoms with Gasteiger partial charge in [-0.1, -0.05) is 0 Å². The zero-order valence-corrected chi connectivity index (χ0v) is 1.72. The molecule has 0 radical (unpaired) electrons. The van der Waals surface area contributed by atoms with E-state index in [0.717, 1.165) is 0 Å². The molecule has 1 nitrogen and oxygen atoms in total. The lowest BCUT2D eigenvalue weighted by Gasteiger charge is -0.412. The molecule has 0 spiro atoms. The third kappa shape index (κ3) is 9.22. The van der Waals surface area contributed by atoms with Crippen LogP contribution in [-0.4, -0.2) is 51.6 Å². The first-order valence-electron chi connectivity index (χ1n) is 0. The quantitative estimate of drug-likeness (QED) is 0.314. The predicted octanol–water partition coefficient (Wildman–Crippen LogP) is -2.24. The Kier molecular flexibility index (Phi) is 224. The monoisotopic (exact) mass is 106 g/mol. The third-order valence-corrected chi connectivity index (χ3v) is 0. The van der Waals surface area contributed by atoms with Crippen LogP contribution in [0.1, 0.15) is 0 Å². The molecule has 0 bridgehead atoms. The maximum Gasteiger partial charge on any atom is 0.316 e. The van der Waals surface area contributed by atoms with Gasteiger partial charge in [-0.2, -0.15) is 0 Å². The highest BCUT2D eigenvalue weighted by Gasteiger charge is 0.317. The van der Waals surface area contributed by atoms with Gasteiger partial charge in [-0.15, -0.1) is 12.4 Å². The lowest BCUT2D eigenvalue weighted by molar-refractivity contribution is 0.824. The summed E-state index contributed by atoms with van der Waals surface area (Å²) in [7, 11) is 0. The van der Waals surface area contributed by atoms with Gasteiger partial charge in [-0.3, -0.25) is 0 Å². The van der Waals surface area contributed by atoms with Crippen LogP contribution in [-0.2, 0) is 0 Å². The molecule has 0 aromatic carbocycles. The summed E-state index contributed by atoms with van der Waals surface area (Å²) in [5.41, 5.74) is 0. The molecule has 0 atom stereocenters. The molecule has 0 fully saturated rings. The second kappa shape index (κ2) is 21.5. The fraction of sp³-hybridized carbons (Fsp3) is 0. The minimum atomic E-state index is 0. The molecule has 0 aliphatic heterocycles. The van der Waals surface area contributed by atoms with Crippen LogP contribution in [0.4, 0.5) is 0 Å². The summed E-state index contributed by atoms with van der Waals surface area (Å²) in [6, 6.07) is 0. The fourth-order valence-corrected chi connectivity index (χ4v) is 0. The first kappa shape index (κ1) is 41.6. The molecule has 0 amide bonds. The van der Waals surface area contributed by atoms with Gasteiger partial charge in [0.2, 0.25) is 0 Å². The molecule has 4 heteroatoms. The van der Waals surface area contributed by atoms with E-state index in [-0.39, 0.29) is 64.0 Å². The lowest BCUT2D eigenvalue weighted by atomic mass is 16.0. The van der Waals surface area contributed by atoms with Crippen molar-refractivity contribution in [3.05, 3.63) is 0 Å². The van der Waals surface area contributed by atoms with E-state index in [2.05, 4.69) is 0 Å². The number of hydrogen-bond acceptors (Lipinski definition) is 0. The molecule has 0 aromatic rings. The molecule has 0 heterocycles. The van der Waals surface area contributed by atoms with Gasteiger partial charge in [0.05, 0.1) is 0 Å². The molecule has 4 heavy (non-hydrogen) atoms. The Hall–Kier alpha value is 1.78. The van der Waals surface area contributed by atoms with Crippen LogP contribution in [0.3, 0.4) is 0 Å². The van der Waals surface area contributed by atoms with Crippen molar-refractivity contribution < 1.29 is 5.48 Å². The summed E-state index contributed by atoms with van der Waals surface area (Å²) in [6.07, 6.45) is 0. The van der Waals surface area contributed by atoms with Crippen molar-refractivity contribution in [1.82, 2.24) is 0 Å². The summed E-state index contributed by atoms with van der Waals surface area (Å²) in [4.78, 5) is 0. The average molecular weight is 107 g/mol. The Balaban J connectivity index is 0. The molecule has 0 rings (SSSR count). The van der Waals surface area contributed by atoms with Crippen LogP contribution in [0.15, 0.2) is 0 Å². The van der Waals surface area contributed by atoms with Crippen molar-refractivity contribution in [1.29, 1.82) is 0 Å². The second-order valence-electron chi connectivity index (χ2n) is 0. The van der Waals surface area contributed by atoms with Gasteiger partial charge in [0.25, 0.3) is 0 Å². The van der Waals surface area contributed by atoms with Gasteiger partial charge in [-0.25, -0.2) is 0 Å². The summed E-state index contributed by atoms with van der Waals surface area (Å²) in [5, 5.41) is 0. The maximum atomic E-state index is 0. The van der Waals surface area contributed by atoms with E-state index >= 15 is 0 Å². The largest absolute Gasteiger partial charge is 0.412 e. The molecule has 0 unspecified atom stereocenters. The van der Waals surface area contributed by atoms with E-state index in [9.17, 15) is 0 Å². The molecular formula is H7ClMg2O. The first-order valence-corrected chi connectivity index (χ1v) is 0. The normalized spacial score (nSPS) is 0. The van der Waals surface area contributed by atoms with E-state index in [4.69, 9.17) is 0 Å². The van der Waals surface area contributed by atoms with Crippen LogP contribution in [0.2, 0.25) is 0 Å². The highest BCUT2D eigenvalue weighted by atomic mass is 35.5. The Bertz CT molecular complexity index is 6.00. The fourth-order valence-electron chi connectivity index (χ4n) is 0. The molecule has 0 aliphatic rings. The summed E-state index contributed by atoms with van der Waals surface area (Å²) >= 11 is 0. The van der Waals surface area contributed by atoms with Crippen molar-refractivity contribution in [2.75, 3.05) is 0 Å². The van der Waals surface area contributed by atoms with Gasteiger partial charge in [0.15, 0.2) is 0 Å². The molecule has 0 aliphatic carbocycles. The van der Waals surface area contributed by atoms with Crippen molar-refractivity contribution in [2.45, 2.75) is 0 Å². The minimum Gasteiger partial charge on any atom is -0.412 e. The van der Waals surface area contributed by atoms with Gasteiger partial charge in [-0.05, 0) is 0 Å². The number of halogens is 1. The number of rotatable bonds is 0. The van der Waals surface area contributed by atoms with E-state index < -0.39 is 0 Å². The highest BCUT2D eigenvalue weighted by molar-refractivity contribution is 5.85.